The van der Waals surface area contributed by atoms with Crippen molar-refractivity contribution in [1.82, 2.24) is 20.1 Å². The number of hydrogen-bond acceptors (Lipinski definition) is 6. The lowest BCUT2D eigenvalue weighted by molar-refractivity contribution is -0.124. The Morgan fingerprint density at radius 3 is 2.65 bits per heavy atom. The SMILES string of the molecule is CC1CCC(C(NC(=O)c2ccnn2C2CC2)C(=O)Nc2cc3c(cn2)C2(CCOCC2)C(=O)N3)CC1. The summed E-state index contributed by atoms with van der Waals surface area (Å²) in [5.74, 6) is 0.412. The molecule has 0 aromatic carbocycles. The lowest BCUT2D eigenvalue weighted by Crippen LogP contribution is -2.49. The maximum Gasteiger partial charge on any atom is 0.270 e. The van der Waals surface area contributed by atoms with Gasteiger partial charge in [0.2, 0.25) is 11.8 Å². The Kier molecular flexibility index (Phi) is 6.22. The topological polar surface area (TPSA) is 127 Å². The van der Waals surface area contributed by atoms with Crippen LogP contribution in [-0.4, -0.2) is 51.7 Å². The molecule has 3 amide bonds. The van der Waals surface area contributed by atoms with Crippen LogP contribution in [0.15, 0.2) is 24.5 Å². The molecule has 0 radical (unpaired) electrons. The summed E-state index contributed by atoms with van der Waals surface area (Å²) < 4.78 is 7.24. The Bertz CT molecular complexity index is 1210. The average molecular weight is 507 g/mol. The first-order valence-electron chi connectivity index (χ1n) is 13.5. The molecule has 2 aromatic heterocycles. The van der Waals surface area contributed by atoms with Gasteiger partial charge in [0.05, 0.1) is 17.1 Å². The predicted octanol–water partition coefficient (Wildman–Crippen LogP) is 3.18. The highest BCUT2D eigenvalue weighted by atomic mass is 16.5. The van der Waals surface area contributed by atoms with Gasteiger partial charge in [0.1, 0.15) is 17.6 Å². The molecule has 2 aromatic rings. The summed E-state index contributed by atoms with van der Waals surface area (Å²) >= 11 is 0. The number of aromatic nitrogens is 3. The van der Waals surface area contributed by atoms with Crippen molar-refractivity contribution in [2.75, 3.05) is 23.8 Å². The number of nitrogens with zero attached hydrogens (tertiary/aromatic N) is 3. The van der Waals surface area contributed by atoms with E-state index in [1.165, 1.54) is 0 Å². The number of hydrogen-bond donors (Lipinski definition) is 3. The van der Waals surface area contributed by atoms with Crippen molar-refractivity contribution < 1.29 is 19.1 Å². The van der Waals surface area contributed by atoms with Crippen molar-refractivity contribution in [3.8, 4) is 0 Å². The molecule has 2 saturated carbocycles. The molecule has 3 fully saturated rings. The van der Waals surface area contributed by atoms with Crippen LogP contribution in [0.3, 0.4) is 0 Å². The fourth-order valence-corrected chi connectivity index (χ4v) is 6.13. The van der Waals surface area contributed by atoms with E-state index in [0.29, 0.717) is 49.2 Å². The van der Waals surface area contributed by atoms with Gasteiger partial charge in [0.25, 0.3) is 5.91 Å². The second kappa shape index (κ2) is 9.55. The van der Waals surface area contributed by atoms with Crippen LogP contribution >= 0.6 is 0 Å². The van der Waals surface area contributed by atoms with Crippen LogP contribution in [0.1, 0.15) is 80.4 Å². The van der Waals surface area contributed by atoms with E-state index >= 15 is 0 Å². The van der Waals surface area contributed by atoms with Crippen LogP contribution in [0.25, 0.3) is 0 Å². The molecule has 3 N–H and O–H groups in total. The van der Waals surface area contributed by atoms with Gasteiger partial charge >= 0.3 is 0 Å². The van der Waals surface area contributed by atoms with E-state index < -0.39 is 11.5 Å². The number of nitrogens with one attached hydrogen (secondary N) is 3. The molecule has 4 aliphatic rings. The molecular weight excluding hydrogens is 472 g/mol. The third-order valence-electron chi connectivity index (χ3n) is 8.60. The summed E-state index contributed by atoms with van der Waals surface area (Å²) in [5.41, 5.74) is 1.42. The van der Waals surface area contributed by atoms with Crippen LogP contribution in [0.4, 0.5) is 11.5 Å². The van der Waals surface area contributed by atoms with Gasteiger partial charge in [0.15, 0.2) is 0 Å². The Balaban J connectivity index is 1.21. The highest BCUT2D eigenvalue weighted by Crippen LogP contribution is 2.44. The van der Waals surface area contributed by atoms with Crippen molar-refractivity contribution in [2.24, 2.45) is 11.8 Å². The van der Waals surface area contributed by atoms with E-state index in [1.807, 2.05) is 0 Å². The number of anilines is 2. The van der Waals surface area contributed by atoms with E-state index in [2.05, 4.69) is 33.0 Å². The summed E-state index contributed by atoms with van der Waals surface area (Å²) in [5, 5.41) is 13.3. The molecule has 0 bridgehead atoms. The number of carbonyl (C=O) groups is 3. The second-order valence-corrected chi connectivity index (χ2v) is 11.1. The quantitative estimate of drug-likeness (QED) is 0.552. The Morgan fingerprint density at radius 1 is 1.16 bits per heavy atom. The van der Waals surface area contributed by atoms with E-state index in [1.54, 1.807) is 29.2 Å². The third kappa shape index (κ3) is 4.52. The zero-order valence-electron chi connectivity index (χ0n) is 21.2. The number of pyridine rings is 1. The van der Waals surface area contributed by atoms with E-state index in [4.69, 9.17) is 4.74 Å². The first kappa shape index (κ1) is 24.1. The summed E-state index contributed by atoms with van der Waals surface area (Å²) in [6.07, 6.45) is 10.4. The second-order valence-electron chi connectivity index (χ2n) is 11.1. The Morgan fingerprint density at radius 2 is 1.92 bits per heavy atom. The molecule has 1 atom stereocenters. The van der Waals surface area contributed by atoms with Gasteiger partial charge in [-0.25, -0.2) is 4.98 Å². The van der Waals surface area contributed by atoms with Gasteiger partial charge in [-0.1, -0.05) is 19.8 Å². The first-order valence-corrected chi connectivity index (χ1v) is 13.5. The van der Waals surface area contributed by atoms with Gasteiger partial charge in [-0.3, -0.25) is 19.1 Å². The monoisotopic (exact) mass is 506 g/mol. The molecule has 1 spiro atoms. The lowest BCUT2D eigenvalue weighted by atomic mass is 9.76. The van der Waals surface area contributed by atoms with Crippen molar-refractivity contribution >= 4 is 29.2 Å². The molecule has 10 heteroatoms. The number of rotatable bonds is 6. The van der Waals surface area contributed by atoms with Crippen LogP contribution in [0, 0.1) is 11.8 Å². The largest absolute Gasteiger partial charge is 0.381 e. The number of carbonyl (C=O) groups excluding carboxylic acids is 3. The number of ether oxygens (including phenoxy) is 1. The highest BCUT2D eigenvalue weighted by Gasteiger charge is 2.48. The highest BCUT2D eigenvalue weighted by molar-refractivity contribution is 6.07. The van der Waals surface area contributed by atoms with Gasteiger partial charge in [-0.15, -0.1) is 0 Å². The van der Waals surface area contributed by atoms with Crippen molar-refractivity contribution in [3.63, 3.8) is 0 Å². The van der Waals surface area contributed by atoms with Crippen LogP contribution in [0.2, 0.25) is 0 Å². The Labute approximate surface area is 215 Å². The maximum absolute atomic E-state index is 13.6. The smallest absolute Gasteiger partial charge is 0.270 e. The molecule has 4 heterocycles. The molecule has 37 heavy (non-hydrogen) atoms. The minimum Gasteiger partial charge on any atom is -0.381 e. The molecule has 2 aliphatic carbocycles. The molecular formula is C27H34N6O4. The Hall–Kier alpha value is -3.27. The zero-order chi connectivity index (χ0) is 25.6. The minimum absolute atomic E-state index is 0.0372. The zero-order valence-corrected chi connectivity index (χ0v) is 21.2. The number of fused-ring (bicyclic) bond motifs is 2. The average Bonchev–Trinajstić information content (AvgIpc) is 3.57. The maximum atomic E-state index is 13.6. The van der Waals surface area contributed by atoms with Gasteiger partial charge in [-0.2, -0.15) is 5.10 Å². The molecule has 6 rings (SSSR count). The van der Waals surface area contributed by atoms with E-state index in [-0.39, 0.29) is 29.7 Å². The molecule has 2 aliphatic heterocycles. The summed E-state index contributed by atoms with van der Waals surface area (Å²) in [6, 6.07) is 3.01. The summed E-state index contributed by atoms with van der Waals surface area (Å²) in [7, 11) is 0. The standard InChI is InChI=1S/C27H34N6O4/c1-16-2-4-17(5-3-16)23(32-24(34)21-8-11-29-33(21)18-6-7-18)25(35)31-22-14-20-19(15-28-22)27(26(36)30-20)9-12-37-13-10-27/h8,11,14-18,23H,2-7,9-10,12-13H2,1H3,(H,30,36)(H,32,34)(H,28,31,35). The minimum atomic E-state index is -0.686. The van der Waals surface area contributed by atoms with Crippen molar-refractivity contribution in [1.29, 1.82) is 0 Å². The fourth-order valence-electron chi connectivity index (χ4n) is 6.13. The van der Waals surface area contributed by atoms with Crippen molar-refractivity contribution in [2.45, 2.75) is 75.8 Å². The molecule has 1 saturated heterocycles. The van der Waals surface area contributed by atoms with Gasteiger partial charge in [-0.05, 0) is 56.4 Å². The molecule has 1 unspecified atom stereocenters. The van der Waals surface area contributed by atoms with Gasteiger partial charge < -0.3 is 20.7 Å². The normalized spacial score (nSPS) is 25.3. The summed E-state index contributed by atoms with van der Waals surface area (Å²) in [6.45, 7) is 3.30. The third-order valence-corrected chi connectivity index (χ3v) is 8.60. The predicted molar refractivity (Wildman–Crippen MR) is 136 cm³/mol. The first-order chi connectivity index (χ1) is 17.9. The van der Waals surface area contributed by atoms with Crippen LogP contribution < -0.4 is 16.0 Å². The molecule has 196 valence electrons. The van der Waals surface area contributed by atoms with Crippen LogP contribution in [0.5, 0.6) is 0 Å². The fraction of sp³-hybridized carbons (Fsp3) is 0.593. The molecule has 10 nitrogen and oxygen atoms in total. The van der Waals surface area contributed by atoms with E-state index in [9.17, 15) is 14.4 Å². The number of amides is 3. The lowest BCUT2D eigenvalue weighted by Gasteiger charge is -2.32. The van der Waals surface area contributed by atoms with Gasteiger partial charge in [0, 0.05) is 37.2 Å². The van der Waals surface area contributed by atoms with Crippen molar-refractivity contribution in [3.05, 3.63) is 35.8 Å². The van der Waals surface area contributed by atoms with Crippen LogP contribution in [-0.2, 0) is 19.7 Å². The van der Waals surface area contributed by atoms with E-state index in [0.717, 1.165) is 44.1 Å². The summed E-state index contributed by atoms with van der Waals surface area (Å²) in [4.78, 5) is 44.2.